The van der Waals surface area contributed by atoms with Gasteiger partial charge in [-0.3, -0.25) is 0 Å². The molecule has 2 nitrogen and oxygen atoms in total. The van der Waals surface area contributed by atoms with Gasteiger partial charge in [0, 0.05) is 28.1 Å². The van der Waals surface area contributed by atoms with Crippen molar-refractivity contribution in [1.29, 1.82) is 0 Å². The molecule has 2 heteroatoms. The second-order valence-corrected chi connectivity index (χ2v) is 10.4. The van der Waals surface area contributed by atoms with Gasteiger partial charge in [0.15, 0.2) is 0 Å². The van der Waals surface area contributed by atoms with Crippen molar-refractivity contribution < 1.29 is 0 Å². The predicted octanol–water partition coefficient (Wildman–Crippen LogP) is 9.52. The van der Waals surface area contributed by atoms with Gasteiger partial charge in [-0.05, 0) is 51.8 Å². The summed E-state index contributed by atoms with van der Waals surface area (Å²) in [4.78, 5) is 0. The van der Waals surface area contributed by atoms with Crippen LogP contribution in [-0.2, 0) is 0 Å². The Morgan fingerprint density at radius 3 is 2.00 bits per heavy atom. The van der Waals surface area contributed by atoms with Crippen LogP contribution in [0.2, 0.25) is 0 Å². The quantitative estimate of drug-likeness (QED) is 0.242. The maximum Gasteiger partial charge on any atom is 0.101 e. The van der Waals surface area contributed by atoms with Crippen LogP contribution in [0, 0.1) is 0 Å². The molecule has 1 saturated carbocycles. The van der Waals surface area contributed by atoms with Gasteiger partial charge in [0.25, 0.3) is 0 Å². The normalized spacial score (nSPS) is 13.5. The molecule has 0 bridgehead atoms. The van der Waals surface area contributed by atoms with E-state index >= 15 is 0 Å². The predicted molar refractivity (Wildman–Crippen MR) is 158 cm³/mol. The lowest BCUT2D eigenvalue weighted by molar-refractivity contribution is 0.866. The smallest absolute Gasteiger partial charge is 0.101 e. The van der Waals surface area contributed by atoms with Crippen molar-refractivity contribution in [3.63, 3.8) is 0 Å². The van der Waals surface area contributed by atoms with Crippen LogP contribution in [0.1, 0.15) is 24.5 Å². The largest absolute Gasteiger partial charge is 0.236 e. The van der Waals surface area contributed by atoms with Crippen LogP contribution in [0.3, 0.4) is 0 Å². The Balaban J connectivity index is 1.37. The number of benzene rings is 5. The lowest BCUT2D eigenvalue weighted by Gasteiger charge is -2.10. The first-order chi connectivity index (χ1) is 18.8. The molecule has 180 valence electrons. The topological polar surface area (TPSA) is 17.3 Å². The molecule has 0 radical (unpaired) electrons. The van der Waals surface area contributed by atoms with Crippen molar-refractivity contribution in [2.45, 2.75) is 18.8 Å². The lowest BCUT2D eigenvalue weighted by atomic mass is 9.94. The van der Waals surface area contributed by atoms with E-state index in [-0.39, 0.29) is 0 Å². The first-order valence-electron chi connectivity index (χ1n) is 13.4. The molecule has 0 N–H and O–H groups in total. The molecule has 0 saturated heterocycles. The maximum absolute atomic E-state index is 5.34. The second kappa shape index (κ2) is 8.43. The number of hydrogen-bond donors (Lipinski definition) is 0. The highest BCUT2D eigenvalue weighted by Crippen LogP contribution is 2.45. The molecule has 0 spiro atoms. The molecule has 2 heterocycles. The molecule has 0 unspecified atom stereocenters. The summed E-state index contributed by atoms with van der Waals surface area (Å²) in [5.41, 5.74) is 9.62. The van der Waals surface area contributed by atoms with Crippen molar-refractivity contribution in [2.24, 2.45) is 0 Å². The van der Waals surface area contributed by atoms with Crippen LogP contribution in [0.15, 0.2) is 127 Å². The van der Waals surface area contributed by atoms with Gasteiger partial charge in [-0.2, -0.15) is 5.10 Å². The van der Waals surface area contributed by atoms with Gasteiger partial charge in [0.1, 0.15) is 5.69 Å². The van der Waals surface area contributed by atoms with Crippen molar-refractivity contribution in [1.82, 2.24) is 9.61 Å². The summed E-state index contributed by atoms with van der Waals surface area (Å²) < 4.78 is 2.25. The van der Waals surface area contributed by atoms with E-state index in [1.54, 1.807) is 0 Å². The minimum atomic E-state index is 0.590. The minimum Gasteiger partial charge on any atom is -0.236 e. The van der Waals surface area contributed by atoms with Crippen LogP contribution in [0.5, 0.6) is 0 Å². The maximum atomic E-state index is 5.34. The van der Waals surface area contributed by atoms with Crippen LogP contribution in [-0.4, -0.2) is 9.61 Å². The van der Waals surface area contributed by atoms with E-state index < -0.39 is 0 Å². The summed E-state index contributed by atoms with van der Waals surface area (Å²) >= 11 is 0. The molecular formula is C36H26N2. The fourth-order valence-electron chi connectivity index (χ4n) is 5.95. The van der Waals surface area contributed by atoms with Crippen LogP contribution in [0.4, 0.5) is 0 Å². The SMILES string of the molecule is c1ccc(-c2c(-c3ccc(-c4cccc5ccccc45)cc3)nn3c(C4CC4)cc4ccccc4c23)cc1. The molecule has 0 atom stereocenters. The van der Waals surface area contributed by atoms with Crippen molar-refractivity contribution in [3.8, 4) is 33.5 Å². The molecular weight excluding hydrogens is 460 g/mol. The monoisotopic (exact) mass is 486 g/mol. The molecule has 1 aliphatic rings. The van der Waals surface area contributed by atoms with E-state index in [4.69, 9.17) is 5.10 Å². The minimum absolute atomic E-state index is 0.590. The summed E-state index contributed by atoms with van der Waals surface area (Å²) in [6.07, 6.45) is 2.48. The zero-order valence-electron chi connectivity index (χ0n) is 21.0. The zero-order valence-corrected chi connectivity index (χ0v) is 21.0. The van der Waals surface area contributed by atoms with E-state index in [1.165, 1.54) is 67.9 Å². The summed E-state index contributed by atoms with van der Waals surface area (Å²) in [6.45, 7) is 0. The molecule has 38 heavy (non-hydrogen) atoms. The van der Waals surface area contributed by atoms with E-state index in [0.29, 0.717) is 5.92 Å². The van der Waals surface area contributed by atoms with Gasteiger partial charge in [-0.15, -0.1) is 0 Å². The molecule has 0 amide bonds. The molecule has 5 aromatic carbocycles. The van der Waals surface area contributed by atoms with Crippen LogP contribution < -0.4 is 0 Å². The Hall–Kier alpha value is -4.69. The van der Waals surface area contributed by atoms with Gasteiger partial charge >= 0.3 is 0 Å². The first-order valence-corrected chi connectivity index (χ1v) is 13.4. The third kappa shape index (κ3) is 3.38. The van der Waals surface area contributed by atoms with Crippen molar-refractivity contribution in [2.75, 3.05) is 0 Å². The average Bonchev–Trinajstić information content (AvgIpc) is 3.76. The number of hydrogen-bond acceptors (Lipinski definition) is 1. The fourth-order valence-corrected chi connectivity index (χ4v) is 5.95. The Morgan fingerprint density at radius 2 is 1.21 bits per heavy atom. The van der Waals surface area contributed by atoms with E-state index in [2.05, 4.69) is 132 Å². The highest BCUT2D eigenvalue weighted by Gasteiger charge is 2.29. The summed E-state index contributed by atoms with van der Waals surface area (Å²) in [6, 6.07) is 46.0. The molecule has 1 fully saturated rings. The van der Waals surface area contributed by atoms with E-state index in [0.717, 1.165) is 11.3 Å². The van der Waals surface area contributed by atoms with Gasteiger partial charge < -0.3 is 0 Å². The van der Waals surface area contributed by atoms with Gasteiger partial charge in [0.2, 0.25) is 0 Å². The lowest BCUT2D eigenvalue weighted by Crippen LogP contribution is -1.98. The number of pyridine rings is 1. The number of rotatable bonds is 4. The number of aromatic nitrogens is 2. The highest BCUT2D eigenvalue weighted by molar-refractivity contribution is 6.07. The van der Waals surface area contributed by atoms with Gasteiger partial charge in [-0.25, -0.2) is 4.52 Å². The molecule has 2 aromatic heterocycles. The molecule has 1 aliphatic carbocycles. The highest BCUT2D eigenvalue weighted by atomic mass is 15.2. The first kappa shape index (κ1) is 21.4. The zero-order chi connectivity index (χ0) is 25.1. The van der Waals surface area contributed by atoms with E-state index in [9.17, 15) is 0 Å². The fraction of sp³-hybridized carbons (Fsp3) is 0.0833. The van der Waals surface area contributed by atoms with Crippen LogP contribution in [0.25, 0.3) is 60.6 Å². The van der Waals surface area contributed by atoms with Gasteiger partial charge in [0.05, 0.1) is 5.52 Å². The second-order valence-electron chi connectivity index (χ2n) is 10.4. The Kier molecular flexibility index (Phi) is 4.75. The molecule has 7 aromatic rings. The summed E-state index contributed by atoms with van der Waals surface area (Å²) in [5, 5.41) is 10.4. The Bertz CT molecular complexity index is 1950. The van der Waals surface area contributed by atoms with Gasteiger partial charge in [-0.1, -0.05) is 121 Å². The average molecular weight is 487 g/mol. The third-order valence-corrected chi connectivity index (χ3v) is 7.97. The molecule has 8 rings (SSSR count). The van der Waals surface area contributed by atoms with Crippen LogP contribution >= 0.6 is 0 Å². The summed E-state index contributed by atoms with van der Waals surface area (Å²) in [7, 11) is 0. The van der Waals surface area contributed by atoms with E-state index in [1.807, 2.05) is 0 Å². The third-order valence-electron chi connectivity index (χ3n) is 7.97. The number of nitrogens with zero attached hydrogens (tertiary/aromatic N) is 2. The van der Waals surface area contributed by atoms with Crippen molar-refractivity contribution >= 4 is 27.1 Å². The van der Waals surface area contributed by atoms with Crippen molar-refractivity contribution in [3.05, 3.63) is 133 Å². The molecule has 0 aliphatic heterocycles. The summed E-state index contributed by atoms with van der Waals surface area (Å²) in [5.74, 6) is 0.590. The standard InChI is InChI=1S/C36H26N2/c1-2-10-27(11-3-1)34-35(37-38-33(26-19-20-26)23-29-12-5-7-15-32(29)36(34)38)28-21-17-25(18-22-28)31-16-8-13-24-9-4-6-14-30(24)31/h1-18,21-23,26H,19-20H2. The Labute approximate surface area is 221 Å². The number of fused-ring (bicyclic) bond motifs is 4. The Morgan fingerprint density at radius 1 is 0.553 bits per heavy atom.